The average molecular weight is 314 g/mol. The number of hydrogen-bond acceptors (Lipinski definition) is 4. The molecule has 7 heteroatoms. The standard InChI is InChI=1S/C14H26N4O2S/c1-4-18-11-14(9-13(18)10-15-2)21(19,20)16-12-5-7-17(3)8-6-12/h9,11-12,15-16H,4-8,10H2,1-3H3. The Morgan fingerprint density at radius 3 is 2.57 bits per heavy atom. The highest BCUT2D eigenvalue weighted by atomic mass is 32.2. The highest BCUT2D eigenvalue weighted by molar-refractivity contribution is 7.89. The van der Waals surface area contributed by atoms with Gasteiger partial charge in [0.2, 0.25) is 10.0 Å². The quantitative estimate of drug-likeness (QED) is 0.807. The predicted octanol–water partition coefficient (Wildman–Crippen LogP) is 0.600. The van der Waals surface area contributed by atoms with Gasteiger partial charge in [-0.1, -0.05) is 0 Å². The maximum absolute atomic E-state index is 12.5. The smallest absolute Gasteiger partial charge is 0.242 e. The summed E-state index contributed by atoms with van der Waals surface area (Å²) in [5.41, 5.74) is 0.990. The Kier molecular flexibility index (Phi) is 5.43. The number of likely N-dealkylation sites (tertiary alicyclic amines) is 1. The minimum absolute atomic E-state index is 0.0453. The molecule has 1 aliphatic rings. The molecule has 2 rings (SSSR count). The molecule has 0 saturated carbocycles. The van der Waals surface area contributed by atoms with Crippen molar-refractivity contribution in [2.75, 3.05) is 27.2 Å². The van der Waals surface area contributed by atoms with Crippen LogP contribution < -0.4 is 10.0 Å². The molecule has 0 amide bonds. The zero-order valence-corrected chi connectivity index (χ0v) is 13.9. The van der Waals surface area contributed by atoms with Crippen LogP contribution in [0.15, 0.2) is 17.2 Å². The molecule has 0 radical (unpaired) electrons. The van der Waals surface area contributed by atoms with Gasteiger partial charge in [0.05, 0.1) is 4.90 Å². The topological polar surface area (TPSA) is 66.4 Å². The minimum Gasteiger partial charge on any atom is -0.349 e. The summed E-state index contributed by atoms with van der Waals surface area (Å²) in [6.07, 6.45) is 3.46. The van der Waals surface area contributed by atoms with E-state index >= 15 is 0 Å². The fraction of sp³-hybridized carbons (Fsp3) is 0.714. The van der Waals surface area contributed by atoms with Gasteiger partial charge in [0.25, 0.3) is 0 Å². The van der Waals surface area contributed by atoms with E-state index in [1.54, 1.807) is 12.3 Å². The van der Waals surface area contributed by atoms with Crippen LogP contribution in [0.5, 0.6) is 0 Å². The van der Waals surface area contributed by atoms with E-state index < -0.39 is 10.0 Å². The summed E-state index contributed by atoms with van der Waals surface area (Å²) in [4.78, 5) is 2.59. The van der Waals surface area contributed by atoms with E-state index in [0.717, 1.165) is 38.2 Å². The molecule has 1 aliphatic heterocycles. The summed E-state index contributed by atoms with van der Waals surface area (Å²) < 4.78 is 29.8. The van der Waals surface area contributed by atoms with E-state index in [4.69, 9.17) is 0 Å². The highest BCUT2D eigenvalue weighted by Gasteiger charge is 2.24. The van der Waals surface area contributed by atoms with Gasteiger partial charge in [0.1, 0.15) is 0 Å². The maximum atomic E-state index is 12.5. The van der Waals surface area contributed by atoms with Gasteiger partial charge in [-0.15, -0.1) is 0 Å². The number of sulfonamides is 1. The van der Waals surface area contributed by atoms with Crippen molar-refractivity contribution in [1.29, 1.82) is 0 Å². The molecular formula is C14H26N4O2S. The highest BCUT2D eigenvalue weighted by Crippen LogP contribution is 2.17. The van der Waals surface area contributed by atoms with Crippen molar-refractivity contribution in [2.45, 2.75) is 43.8 Å². The minimum atomic E-state index is -3.42. The Morgan fingerprint density at radius 2 is 2.00 bits per heavy atom. The van der Waals surface area contributed by atoms with Crippen LogP contribution in [0.1, 0.15) is 25.5 Å². The Labute approximate surface area is 127 Å². The molecule has 1 saturated heterocycles. The molecular weight excluding hydrogens is 288 g/mol. The van der Waals surface area contributed by atoms with E-state index in [1.165, 1.54) is 0 Å². The Bertz CT molecular complexity index is 560. The summed E-state index contributed by atoms with van der Waals surface area (Å²) in [5.74, 6) is 0. The lowest BCUT2D eigenvalue weighted by Gasteiger charge is -2.29. The van der Waals surface area contributed by atoms with E-state index in [-0.39, 0.29) is 6.04 Å². The van der Waals surface area contributed by atoms with Gasteiger partial charge < -0.3 is 14.8 Å². The van der Waals surface area contributed by atoms with Crippen molar-refractivity contribution in [3.8, 4) is 0 Å². The van der Waals surface area contributed by atoms with E-state index in [2.05, 4.69) is 22.0 Å². The zero-order chi connectivity index (χ0) is 15.5. The third-order valence-corrected chi connectivity index (χ3v) is 5.50. The molecule has 1 aromatic heterocycles. The summed E-state index contributed by atoms with van der Waals surface area (Å²) in [6.45, 7) is 5.32. The van der Waals surface area contributed by atoms with E-state index in [1.807, 2.05) is 18.5 Å². The fourth-order valence-corrected chi connectivity index (χ4v) is 4.08. The van der Waals surface area contributed by atoms with Gasteiger partial charge in [-0.25, -0.2) is 13.1 Å². The predicted molar refractivity (Wildman–Crippen MR) is 83.7 cm³/mol. The Morgan fingerprint density at radius 1 is 1.33 bits per heavy atom. The SMILES string of the molecule is CCn1cc(S(=O)(=O)NC2CCN(C)CC2)cc1CNC. The van der Waals surface area contributed by atoms with Crippen LogP contribution in [0.3, 0.4) is 0 Å². The van der Waals surface area contributed by atoms with E-state index in [9.17, 15) is 8.42 Å². The summed E-state index contributed by atoms with van der Waals surface area (Å²) in [6, 6.07) is 1.81. The van der Waals surface area contributed by atoms with Crippen molar-refractivity contribution >= 4 is 10.0 Å². The first-order valence-electron chi connectivity index (χ1n) is 7.50. The number of piperidine rings is 1. The summed E-state index contributed by atoms with van der Waals surface area (Å²) in [7, 11) is 0.500. The van der Waals surface area contributed by atoms with Crippen molar-refractivity contribution in [2.24, 2.45) is 0 Å². The van der Waals surface area contributed by atoms with Gasteiger partial charge in [-0.2, -0.15) is 0 Å². The number of aryl methyl sites for hydroxylation is 1. The van der Waals surface area contributed by atoms with Crippen LogP contribution in [0, 0.1) is 0 Å². The number of nitrogens with zero attached hydrogens (tertiary/aromatic N) is 2. The first-order chi connectivity index (χ1) is 9.96. The molecule has 21 heavy (non-hydrogen) atoms. The third kappa shape index (κ3) is 4.06. The molecule has 0 unspecified atom stereocenters. The maximum Gasteiger partial charge on any atom is 0.242 e. The number of hydrogen-bond donors (Lipinski definition) is 2. The molecule has 1 aromatic rings. The molecule has 0 aromatic carbocycles. The third-order valence-electron chi connectivity index (χ3n) is 4.01. The lowest BCUT2D eigenvalue weighted by atomic mass is 10.1. The molecule has 6 nitrogen and oxygen atoms in total. The van der Waals surface area contributed by atoms with Crippen LogP contribution >= 0.6 is 0 Å². The summed E-state index contributed by atoms with van der Waals surface area (Å²) >= 11 is 0. The van der Waals surface area contributed by atoms with Crippen LogP contribution in [-0.2, 0) is 23.1 Å². The largest absolute Gasteiger partial charge is 0.349 e. The summed E-state index contributed by atoms with van der Waals surface area (Å²) in [5, 5.41) is 3.07. The van der Waals surface area contributed by atoms with Gasteiger partial charge in [-0.05, 0) is 53.0 Å². The molecule has 0 atom stereocenters. The van der Waals surface area contributed by atoms with Crippen LogP contribution in [-0.4, -0.2) is 51.1 Å². The van der Waals surface area contributed by atoms with Crippen molar-refractivity contribution in [1.82, 2.24) is 19.5 Å². The van der Waals surface area contributed by atoms with Crippen molar-refractivity contribution in [3.63, 3.8) is 0 Å². The van der Waals surface area contributed by atoms with Crippen molar-refractivity contribution in [3.05, 3.63) is 18.0 Å². The van der Waals surface area contributed by atoms with Gasteiger partial charge in [0.15, 0.2) is 0 Å². The molecule has 2 heterocycles. The Balaban J connectivity index is 2.12. The lowest BCUT2D eigenvalue weighted by molar-refractivity contribution is 0.248. The lowest BCUT2D eigenvalue weighted by Crippen LogP contribution is -2.43. The fourth-order valence-electron chi connectivity index (χ4n) is 2.71. The average Bonchev–Trinajstić information content (AvgIpc) is 2.86. The number of aromatic nitrogens is 1. The number of nitrogens with one attached hydrogen (secondary N) is 2. The second-order valence-electron chi connectivity index (χ2n) is 5.68. The molecule has 0 spiro atoms. The first-order valence-corrected chi connectivity index (χ1v) is 8.99. The Hall–Kier alpha value is -0.890. The molecule has 120 valence electrons. The van der Waals surface area contributed by atoms with Gasteiger partial charge in [-0.3, -0.25) is 0 Å². The molecule has 0 bridgehead atoms. The normalized spacial score (nSPS) is 18.2. The number of rotatable bonds is 6. The monoisotopic (exact) mass is 314 g/mol. The van der Waals surface area contributed by atoms with Gasteiger partial charge >= 0.3 is 0 Å². The van der Waals surface area contributed by atoms with Gasteiger partial charge in [0, 0.05) is 31.0 Å². The zero-order valence-electron chi connectivity index (χ0n) is 13.1. The second-order valence-corrected chi connectivity index (χ2v) is 7.40. The van der Waals surface area contributed by atoms with Crippen LogP contribution in [0.2, 0.25) is 0 Å². The first kappa shape index (κ1) is 16.5. The molecule has 2 N–H and O–H groups in total. The molecule has 1 fully saturated rings. The van der Waals surface area contributed by atoms with Crippen LogP contribution in [0.4, 0.5) is 0 Å². The van der Waals surface area contributed by atoms with E-state index in [0.29, 0.717) is 11.4 Å². The molecule has 0 aliphatic carbocycles. The van der Waals surface area contributed by atoms with Crippen molar-refractivity contribution < 1.29 is 8.42 Å². The van der Waals surface area contributed by atoms with Crippen LogP contribution in [0.25, 0.3) is 0 Å². The second kappa shape index (κ2) is 6.91.